The number of hydrogen-bond donors (Lipinski definition) is 1. The molecule has 1 heterocycles. The monoisotopic (exact) mass is 240 g/mol. The molecule has 1 aromatic heterocycles. The average Bonchev–Trinajstić information content (AvgIpc) is 2.67. The summed E-state index contributed by atoms with van der Waals surface area (Å²) in [6.45, 7) is 8.10. The van der Waals surface area contributed by atoms with E-state index in [0.717, 1.165) is 24.5 Å². The molecule has 0 fully saturated rings. The van der Waals surface area contributed by atoms with Crippen LogP contribution in [0.2, 0.25) is 0 Å². The van der Waals surface area contributed by atoms with Crippen LogP contribution in [0.5, 0.6) is 0 Å². The second kappa shape index (κ2) is 5.89. The number of ketones is 1. The van der Waals surface area contributed by atoms with Crippen molar-refractivity contribution in [1.82, 2.24) is 0 Å². The van der Waals surface area contributed by atoms with Crippen LogP contribution in [0.25, 0.3) is 0 Å². The van der Waals surface area contributed by atoms with Crippen LogP contribution in [0.15, 0.2) is 6.07 Å². The van der Waals surface area contributed by atoms with E-state index >= 15 is 0 Å². The van der Waals surface area contributed by atoms with Crippen molar-refractivity contribution in [2.75, 3.05) is 23.7 Å². The number of anilines is 2. The van der Waals surface area contributed by atoms with E-state index in [9.17, 15) is 4.79 Å². The first kappa shape index (κ1) is 13.0. The molecule has 0 bridgehead atoms. The fourth-order valence-corrected chi connectivity index (χ4v) is 2.80. The van der Waals surface area contributed by atoms with Crippen LogP contribution in [0, 0.1) is 0 Å². The Morgan fingerprint density at radius 2 is 2.12 bits per heavy atom. The van der Waals surface area contributed by atoms with Gasteiger partial charge in [0.25, 0.3) is 0 Å². The van der Waals surface area contributed by atoms with E-state index in [4.69, 9.17) is 5.73 Å². The minimum atomic E-state index is 0.140. The van der Waals surface area contributed by atoms with Crippen molar-refractivity contribution in [1.29, 1.82) is 0 Å². The molecule has 90 valence electrons. The Morgan fingerprint density at radius 1 is 1.44 bits per heavy atom. The molecular weight excluding hydrogens is 220 g/mol. The van der Waals surface area contributed by atoms with Crippen LogP contribution in [-0.4, -0.2) is 18.9 Å². The van der Waals surface area contributed by atoms with E-state index in [-0.39, 0.29) is 5.78 Å². The second-order valence-electron chi connectivity index (χ2n) is 3.73. The molecule has 0 saturated heterocycles. The standard InChI is InChI=1S/C12H20N2OS/c1-4-7-14(6-3)11-8-9(13)12(16-11)10(15)5-2/h8H,4-7,13H2,1-3H3. The highest BCUT2D eigenvalue weighted by Gasteiger charge is 2.15. The predicted molar refractivity (Wildman–Crippen MR) is 71.5 cm³/mol. The summed E-state index contributed by atoms with van der Waals surface area (Å²) in [5.41, 5.74) is 6.50. The molecule has 0 aromatic carbocycles. The zero-order chi connectivity index (χ0) is 12.1. The van der Waals surface area contributed by atoms with Crippen LogP contribution in [0.1, 0.15) is 43.3 Å². The Morgan fingerprint density at radius 3 is 2.62 bits per heavy atom. The topological polar surface area (TPSA) is 46.3 Å². The van der Waals surface area contributed by atoms with Gasteiger partial charge < -0.3 is 10.6 Å². The molecule has 0 aliphatic heterocycles. The molecule has 2 N–H and O–H groups in total. The van der Waals surface area contributed by atoms with Crippen molar-refractivity contribution in [3.05, 3.63) is 10.9 Å². The number of rotatable bonds is 6. The summed E-state index contributed by atoms with van der Waals surface area (Å²) in [6, 6.07) is 1.92. The zero-order valence-corrected chi connectivity index (χ0v) is 11.1. The Bertz CT molecular complexity index is 360. The molecule has 0 aliphatic rings. The third kappa shape index (κ3) is 2.76. The van der Waals surface area contributed by atoms with Crippen molar-refractivity contribution in [2.45, 2.75) is 33.6 Å². The van der Waals surface area contributed by atoms with Gasteiger partial charge in [0.2, 0.25) is 0 Å². The maximum atomic E-state index is 11.6. The van der Waals surface area contributed by atoms with Gasteiger partial charge in [0.1, 0.15) is 0 Å². The van der Waals surface area contributed by atoms with Gasteiger partial charge in [0, 0.05) is 19.5 Å². The van der Waals surface area contributed by atoms with Gasteiger partial charge in [-0.2, -0.15) is 0 Å². The maximum Gasteiger partial charge on any atom is 0.174 e. The normalized spacial score (nSPS) is 10.4. The number of Topliss-reactive ketones (excluding diaryl/α,β-unsaturated/α-hetero) is 1. The lowest BCUT2D eigenvalue weighted by Gasteiger charge is -2.19. The quantitative estimate of drug-likeness (QED) is 0.777. The molecule has 0 spiro atoms. The summed E-state index contributed by atoms with van der Waals surface area (Å²) in [4.78, 5) is 14.6. The molecule has 4 heteroatoms. The first-order valence-corrected chi connectivity index (χ1v) is 6.63. The molecule has 0 saturated carbocycles. The van der Waals surface area contributed by atoms with Crippen LogP contribution in [-0.2, 0) is 0 Å². The summed E-state index contributed by atoms with van der Waals surface area (Å²) in [5, 5.41) is 1.11. The molecular formula is C12H20N2OS. The van der Waals surface area contributed by atoms with Gasteiger partial charge >= 0.3 is 0 Å². The smallest absolute Gasteiger partial charge is 0.174 e. The summed E-state index contributed by atoms with van der Waals surface area (Å²) in [6.07, 6.45) is 1.62. The Labute approximate surface area is 101 Å². The Hall–Kier alpha value is -1.03. The zero-order valence-electron chi connectivity index (χ0n) is 10.2. The van der Waals surface area contributed by atoms with Gasteiger partial charge in [-0.05, 0) is 19.4 Å². The molecule has 0 unspecified atom stereocenters. The number of hydrogen-bond acceptors (Lipinski definition) is 4. The molecule has 16 heavy (non-hydrogen) atoms. The van der Waals surface area contributed by atoms with Crippen LogP contribution in [0.4, 0.5) is 10.7 Å². The summed E-state index contributed by atoms with van der Waals surface area (Å²) >= 11 is 1.52. The van der Waals surface area contributed by atoms with Crippen molar-refractivity contribution < 1.29 is 4.79 Å². The van der Waals surface area contributed by atoms with E-state index in [1.807, 2.05) is 13.0 Å². The minimum Gasteiger partial charge on any atom is -0.397 e. The molecule has 0 radical (unpaired) electrons. The summed E-state index contributed by atoms with van der Waals surface area (Å²) in [7, 11) is 0. The first-order chi connectivity index (χ1) is 7.63. The SMILES string of the molecule is CCCN(CC)c1cc(N)c(C(=O)CC)s1. The van der Waals surface area contributed by atoms with Gasteiger partial charge in [0.05, 0.1) is 15.6 Å². The number of nitrogen functional groups attached to an aromatic ring is 1. The van der Waals surface area contributed by atoms with Crippen molar-refractivity contribution >= 4 is 27.8 Å². The molecule has 1 rings (SSSR count). The second-order valence-corrected chi connectivity index (χ2v) is 4.76. The third-order valence-electron chi connectivity index (χ3n) is 2.51. The van der Waals surface area contributed by atoms with Crippen LogP contribution in [0.3, 0.4) is 0 Å². The van der Waals surface area contributed by atoms with Gasteiger partial charge in [0.15, 0.2) is 5.78 Å². The Balaban J connectivity index is 2.94. The predicted octanol–water partition coefficient (Wildman–Crippen LogP) is 3.16. The summed E-state index contributed by atoms with van der Waals surface area (Å²) < 4.78 is 0. The fraction of sp³-hybridized carbons (Fsp3) is 0.583. The molecule has 0 amide bonds. The van der Waals surface area contributed by atoms with E-state index in [0.29, 0.717) is 17.0 Å². The van der Waals surface area contributed by atoms with Gasteiger partial charge in [-0.25, -0.2) is 0 Å². The Kier molecular flexibility index (Phi) is 4.80. The highest BCUT2D eigenvalue weighted by molar-refractivity contribution is 7.18. The number of carbonyl (C=O) groups is 1. The maximum absolute atomic E-state index is 11.6. The number of nitrogens with zero attached hydrogens (tertiary/aromatic N) is 1. The van der Waals surface area contributed by atoms with Gasteiger partial charge in [-0.3, -0.25) is 4.79 Å². The van der Waals surface area contributed by atoms with Gasteiger partial charge in [-0.15, -0.1) is 11.3 Å². The fourth-order valence-electron chi connectivity index (χ4n) is 1.62. The van der Waals surface area contributed by atoms with Crippen molar-refractivity contribution in [2.24, 2.45) is 0 Å². The lowest BCUT2D eigenvalue weighted by molar-refractivity contribution is 0.0993. The first-order valence-electron chi connectivity index (χ1n) is 5.81. The third-order valence-corrected chi connectivity index (χ3v) is 3.76. The minimum absolute atomic E-state index is 0.140. The molecule has 0 atom stereocenters. The van der Waals surface area contributed by atoms with Crippen molar-refractivity contribution in [3.63, 3.8) is 0 Å². The van der Waals surface area contributed by atoms with Gasteiger partial charge in [-0.1, -0.05) is 13.8 Å². The average molecular weight is 240 g/mol. The number of carbonyl (C=O) groups excluding carboxylic acids is 1. The molecule has 1 aromatic rings. The van der Waals surface area contributed by atoms with E-state index in [1.165, 1.54) is 11.3 Å². The lowest BCUT2D eigenvalue weighted by Crippen LogP contribution is -2.22. The van der Waals surface area contributed by atoms with E-state index in [2.05, 4.69) is 18.7 Å². The van der Waals surface area contributed by atoms with Crippen LogP contribution < -0.4 is 10.6 Å². The highest BCUT2D eigenvalue weighted by Crippen LogP contribution is 2.33. The number of nitrogens with two attached hydrogens (primary N) is 1. The van der Waals surface area contributed by atoms with E-state index < -0.39 is 0 Å². The number of thiophene rings is 1. The van der Waals surface area contributed by atoms with Crippen LogP contribution >= 0.6 is 11.3 Å². The summed E-state index contributed by atoms with van der Waals surface area (Å²) in [5.74, 6) is 0.140. The van der Waals surface area contributed by atoms with E-state index in [1.54, 1.807) is 0 Å². The largest absolute Gasteiger partial charge is 0.397 e. The molecule has 3 nitrogen and oxygen atoms in total. The molecule has 0 aliphatic carbocycles. The highest BCUT2D eigenvalue weighted by atomic mass is 32.1. The van der Waals surface area contributed by atoms with Crippen molar-refractivity contribution in [3.8, 4) is 0 Å². The lowest BCUT2D eigenvalue weighted by atomic mass is 10.2.